The summed E-state index contributed by atoms with van der Waals surface area (Å²) in [4.78, 5) is 20.5. The van der Waals surface area contributed by atoms with Gasteiger partial charge in [0.2, 0.25) is 0 Å². The molecule has 1 amide bonds. The molecule has 2 aromatic carbocycles. The highest BCUT2D eigenvalue weighted by Gasteiger charge is 2.16. The first kappa shape index (κ1) is 19.2. The van der Waals surface area contributed by atoms with Gasteiger partial charge in [-0.15, -0.1) is 12.4 Å². The minimum absolute atomic E-state index is 0. The van der Waals surface area contributed by atoms with Crippen molar-refractivity contribution in [1.82, 2.24) is 15.3 Å². The van der Waals surface area contributed by atoms with Crippen LogP contribution in [0.1, 0.15) is 10.5 Å². The van der Waals surface area contributed by atoms with Gasteiger partial charge in [-0.2, -0.15) is 0 Å². The second-order valence-electron chi connectivity index (χ2n) is 6.00. The molecule has 5 nitrogen and oxygen atoms in total. The Hall–Kier alpha value is -2.60. The van der Waals surface area contributed by atoms with Crippen LogP contribution in [0.25, 0.3) is 33.1 Å². The zero-order valence-corrected chi connectivity index (χ0v) is 15.9. The summed E-state index contributed by atoms with van der Waals surface area (Å²) in [5, 5.41) is 5.44. The van der Waals surface area contributed by atoms with Crippen molar-refractivity contribution in [2.45, 2.75) is 0 Å². The molecule has 0 saturated carbocycles. The van der Waals surface area contributed by atoms with E-state index < -0.39 is 0 Å². The van der Waals surface area contributed by atoms with Gasteiger partial charge in [-0.05, 0) is 24.3 Å². The molecule has 0 bridgehead atoms. The van der Waals surface area contributed by atoms with Crippen LogP contribution in [0.3, 0.4) is 0 Å². The Kier molecular flexibility index (Phi) is 5.65. The van der Waals surface area contributed by atoms with Crippen LogP contribution in [-0.2, 0) is 0 Å². The molecule has 4 N–H and O–H groups in total. The number of amides is 1. The summed E-state index contributed by atoms with van der Waals surface area (Å²) in [5.41, 5.74) is 9.34. The van der Waals surface area contributed by atoms with E-state index in [1.807, 2.05) is 54.6 Å². The molecule has 0 unspecified atom stereocenters. The van der Waals surface area contributed by atoms with Crippen molar-refractivity contribution in [3.63, 3.8) is 0 Å². The van der Waals surface area contributed by atoms with Gasteiger partial charge >= 0.3 is 0 Å². The SMILES string of the molecule is Cl.NCCNC(=O)c1cc2c([nH]c3ccccc32)c(-c2ccc(Cl)cc2)n1. The Morgan fingerprint density at radius 1 is 1.11 bits per heavy atom. The third kappa shape index (κ3) is 3.62. The molecule has 0 saturated heterocycles. The number of para-hydroxylation sites is 1. The first-order valence-corrected chi connectivity index (χ1v) is 8.71. The summed E-state index contributed by atoms with van der Waals surface area (Å²) < 4.78 is 0. The fraction of sp³-hybridized carbons (Fsp3) is 0.100. The number of aromatic amines is 1. The lowest BCUT2D eigenvalue weighted by atomic mass is 10.1. The van der Waals surface area contributed by atoms with Gasteiger partial charge in [0.15, 0.2) is 0 Å². The van der Waals surface area contributed by atoms with Crippen molar-refractivity contribution in [2.24, 2.45) is 5.73 Å². The molecule has 0 spiro atoms. The van der Waals surface area contributed by atoms with Crippen LogP contribution in [0.15, 0.2) is 54.6 Å². The van der Waals surface area contributed by atoms with Crippen LogP contribution in [0.2, 0.25) is 5.02 Å². The van der Waals surface area contributed by atoms with Crippen LogP contribution >= 0.6 is 24.0 Å². The number of nitrogens with zero attached hydrogens (tertiary/aromatic N) is 1. The van der Waals surface area contributed by atoms with Crippen LogP contribution in [-0.4, -0.2) is 29.0 Å². The normalized spacial score (nSPS) is 10.7. The highest BCUT2D eigenvalue weighted by molar-refractivity contribution is 6.30. The lowest BCUT2D eigenvalue weighted by Gasteiger charge is -2.08. The van der Waals surface area contributed by atoms with Gasteiger partial charge in [-0.3, -0.25) is 4.79 Å². The van der Waals surface area contributed by atoms with E-state index in [0.717, 1.165) is 27.4 Å². The number of H-pyrrole nitrogens is 1. The van der Waals surface area contributed by atoms with Crippen LogP contribution in [0, 0.1) is 0 Å². The van der Waals surface area contributed by atoms with Gasteiger partial charge in [0.1, 0.15) is 5.69 Å². The number of hydrogen-bond acceptors (Lipinski definition) is 3. The quantitative estimate of drug-likeness (QED) is 0.481. The molecule has 0 atom stereocenters. The van der Waals surface area contributed by atoms with Crippen LogP contribution < -0.4 is 11.1 Å². The zero-order valence-electron chi connectivity index (χ0n) is 14.3. The molecule has 0 aliphatic carbocycles. The number of nitrogens with two attached hydrogens (primary N) is 1. The lowest BCUT2D eigenvalue weighted by Crippen LogP contribution is -2.29. The van der Waals surface area contributed by atoms with Gasteiger partial charge in [-0.1, -0.05) is 41.9 Å². The summed E-state index contributed by atoms with van der Waals surface area (Å²) in [6, 6.07) is 17.2. The Morgan fingerprint density at radius 3 is 2.59 bits per heavy atom. The van der Waals surface area contributed by atoms with Crippen molar-refractivity contribution < 1.29 is 4.79 Å². The number of hydrogen-bond donors (Lipinski definition) is 3. The highest BCUT2D eigenvalue weighted by Crippen LogP contribution is 2.33. The number of nitrogens with one attached hydrogen (secondary N) is 2. The van der Waals surface area contributed by atoms with Crippen molar-refractivity contribution in [2.75, 3.05) is 13.1 Å². The largest absolute Gasteiger partial charge is 0.353 e. The molecule has 138 valence electrons. The topological polar surface area (TPSA) is 83.8 Å². The van der Waals surface area contributed by atoms with Crippen molar-refractivity contribution in [3.05, 3.63) is 65.3 Å². The maximum atomic E-state index is 12.5. The van der Waals surface area contributed by atoms with Crippen molar-refractivity contribution in [3.8, 4) is 11.3 Å². The number of fused-ring (bicyclic) bond motifs is 3. The van der Waals surface area contributed by atoms with Gasteiger partial charge < -0.3 is 16.0 Å². The Labute approximate surface area is 167 Å². The first-order valence-electron chi connectivity index (χ1n) is 8.33. The van der Waals surface area contributed by atoms with E-state index in [1.54, 1.807) is 0 Å². The minimum atomic E-state index is -0.238. The maximum absolute atomic E-state index is 12.5. The number of rotatable bonds is 4. The molecular weight excluding hydrogens is 383 g/mol. The first-order chi connectivity index (χ1) is 12.7. The lowest BCUT2D eigenvalue weighted by molar-refractivity contribution is 0.0950. The molecule has 2 heterocycles. The Balaban J connectivity index is 0.00000210. The number of carbonyl (C=O) groups excluding carboxylic acids is 1. The fourth-order valence-corrected chi connectivity index (χ4v) is 3.18. The zero-order chi connectivity index (χ0) is 18.1. The number of pyridine rings is 1. The predicted octanol–water partition coefficient (Wildman–Crippen LogP) is 4.15. The molecular formula is C20H18Cl2N4O. The van der Waals surface area contributed by atoms with Gasteiger partial charge in [-0.25, -0.2) is 4.98 Å². The monoisotopic (exact) mass is 400 g/mol. The molecule has 27 heavy (non-hydrogen) atoms. The second-order valence-corrected chi connectivity index (χ2v) is 6.44. The van der Waals surface area contributed by atoms with Gasteiger partial charge in [0.25, 0.3) is 5.91 Å². The number of halogens is 2. The summed E-state index contributed by atoms with van der Waals surface area (Å²) in [5.74, 6) is -0.238. The number of aromatic nitrogens is 2. The maximum Gasteiger partial charge on any atom is 0.269 e. The smallest absolute Gasteiger partial charge is 0.269 e. The van der Waals surface area contributed by atoms with E-state index in [9.17, 15) is 4.79 Å². The molecule has 0 radical (unpaired) electrons. The van der Waals surface area contributed by atoms with E-state index in [4.69, 9.17) is 17.3 Å². The average Bonchev–Trinajstić information content (AvgIpc) is 3.05. The third-order valence-corrected chi connectivity index (χ3v) is 4.53. The van der Waals surface area contributed by atoms with Crippen molar-refractivity contribution in [1.29, 1.82) is 0 Å². The van der Waals surface area contributed by atoms with Crippen molar-refractivity contribution >= 4 is 51.7 Å². The molecule has 0 aliphatic heterocycles. The molecule has 0 fully saturated rings. The van der Waals surface area contributed by atoms with Gasteiger partial charge in [0.05, 0.1) is 11.2 Å². The van der Waals surface area contributed by atoms with Crippen LogP contribution in [0.5, 0.6) is 0 Å². The summed E-state index contributed by atoms with van der Waals surface area (Å²) in [6.45, 7) is 0.786. The predicted molar refractivity (Wildman–Crippen MR) is 113 cm³/mol. The standard InChI is InChI=1S/C20H17ClN4O.ClH/c21-13-7-5-12(6-8-13)18-19-15(14-3-1-2-4-16(14)24-19)11-17(25-18)20(26)23-10-9-22;/h1-8,11,24H,9-10,22H2,(H,23,26);1H. The molecule has 4 rings (SSSR count). The Morgan fingerprint density at radius 2 is 1.85 bits per heavy atom. The molecule has 0 aliphatic rings. The van der Waals surface area contributed by atoms with E-state index in [2.05, 4.69) is 15.3 Å². The second kappa shape index (κ2) is 7.96. The Bertz CT molecular complexity index is 1110. The van der Waals surface area contributed by atoms with E-state index in [1.165, 1.54) is 0 Å². The number of carbonyl (C=O) groups is 1. The summed E-state index contributed by atoms with van der Waals surface area (Å²) in [7, 11) is 0. The molecule has 2 aromatic heterocycles. The summed E-state index contributed by atoms with van der Waals surface area (Å²) >= 11 is 6.02. The molecule has 4 aromatic rings. The number of benzene rings is 2. The minimum Gasteiger partial charge on any atom is -0.353 e. The van der Waals surface area contributed by atoms with Crippen LogP contribution in [0.4, 0.5) is 0 Å². The summed E-state index contributed by atoms with van der Waals surface area (Å²) in [6.07, 6.45) is 0. The van der Waals surface area contributed by atoms with E-state index in [-0.39, 0.29) is 18.3 Å². The average molecular weight is 401 g/mol. The highest BCUT2D eigenvalue weighted by atomic mass is 35.5. The van der Waals surface area contributed by atoms with Gasteiger partial charge in [0, 0.05) is 40.0 Å². The third-order valence-electron chi connectivity index (χ3n) is 4.28. The molecule has 7 heteroatoms. The van der Waals surface area contributed by atoms with E-state index >= 15 is 0 Å². The van der Waals surface area contributed by atoms with E-state index in [0.29, 0.717) is 29.5 Å². The fourth-order valence-electron chi connectivity index (χ4n) is 3.05.